The first-order valence-electron chi connectivity index (χ1n) is 6.59. The van der Waals surface area contributed by atoms with E-state index in [0.29, 0.717) is 22.3 Å². The van der Waals surface area contributed by atoms with E-state index in [4.69, 9.17) is 6.67 Å². The average molecular weight is 336 g/mol. The first kappa shape index (κ1) is 17.3. The number of nitrogens with zero attached hydrogens (tertiary/aromatic N) is 3. The van der Waals surface area contributed by atoms with Gasteiger partial charge in [0.25, 0.3) is 0 Å². The summed E-state index contributed by atoms with van der Waals surface area (Å²) in [5, 5.41) is 36.5. The summed E-state index contributed by atoms with van der Waals surface area (Å²) in [6.07, 6.45) is 0. The summed E-state index contributed by atoms with van der Waals surface area (Å²) in [4.78, 5) is 0.381. The van der Waals surface area contributed by atoms with Crippen molar-refractivity contribution in [3.05, 3.63) is 30.3 Å². The van der Waals surface area contributed by atoms with Gasteiger partial charge in [-0.1, -0.05) is 29.3 Å². The predicted octanol–water partition coefficient (Wildman–Crippen LogP) is 3.34. The van der Waals surface area contributed by atoms with E-state index in [-0.39, 0.29) is 18.1 Å². The molecule has 0 amide bonds. The van der Waals surface area contributed by atoms with Crippen molar-refractivity contribution in [2.24, 2.45) is 15.3 Å². The Morgan fingerprint density at radius 2 is 2.22 bits per heavy atom. The minimum absolute atomic E-state index is 0.0938. The van der Waals surface area contributed by atoms with Crippen molar-refractivity contribution < 1.29 is 21.1 Å². The number of benzene rings is 2. The Kier molecular flexibility index (Phi) is 8.01. The van der Waals surface area contributed by atoms with Crippen LogP contribution in [0.3, 0.4) is 0 Å². The third kappa shape index (κ3) is 5.58. The van der Waals surface area contributed by atoms with Gasteiger partial charge in [0, 0.05) is 5.39 Å². The number of phenolic OH excluding ortho intramolecular Hbond substituents is 1. The Bertz CT molecular complexity index is 706. The fourth-order valence-electron chi connectivity index (χ4n) is 1.64. The zero-order chi connectivity index (χ0) is 17.8. The summed E-state index contributed by atoms with van der Waals surface area (Å²) in [7, 11) is 6.25. The summed E-state index contributed by atoms with van der Waals surface area (Å²) >= 11 is 0.663. The number of hydrogen-bond acceptors (Lipinski definition) is 10. The Morgan fingerprint density at radius 3 is 2.91 bits per heavy atom. The highest BCUT2D eigenvalue weighted by Gasteiger charge is 2.14. The van der Waals surface area contributed by atoms with Crippen molar-refractivity contribution in [2.45, 2.75) is 4.90 Å². The van der Waals surface area contributed by atoms with E-state index in [1.54, 1.807) is 31.3 Å². The maximum atomic E-state index is 10.3. The van der Waals surface area contributed by atoms with E-state index >= 15 is 0 Å². The molecule has 11 heteroatoms. The second-order valence-electron chi connectivity index (χ2n) is 3.83. The number of hydrogen-bond donors (Lipinski definition) is 4. The second-order valence-corrected chi connectivity index (χ2v) is 4.57. The van der Waals surface area contributed by atoms with Gasteiger partial charge >= 0.3 is 0 Å². The highest BCUT2D eigenvalue weighted by atomic mass is 32.2. The first-order chi connectivity index (χ1) is 11.7. The van der Waals surface area contributed by atoms with Crippen LogP contribution in [0.25, 0.3) is 10.8 Å². The highest BCUT2D eigenvalue weighted by molar-refractivity contribution is 7.94. The van der Waals surface area contributed by atoms with E-state index in [1.165, 1.54) is 0 Å². The lowest BCUT2D eigenvalue weighted by atomic mass is 10.1. The third-order valence-electron chi connectivity index (χ3n) is 2.41. The monoisotopic (exact) mass is 336 g/mol. The smallest absolute Gasteiger partial charge is 0.213 e. The average Bonchev–Trinajstić information content (AvgIpc) is 2.59. The minimum atomic E-state index is -0.142. The van der Waals surface area contributed by atoms with Crippen LogP contribution in [0, 0.1) is 5.52 Å². The van der Waals surface area contributed by atoms with E-state index in [1.807, 2.05) is 6.07 Å². The largest absolute Gasteiger partial charge is 0.505 e. The number of nitrogens with one attached hydrogen (secondary N) is 2. The summed E-state index contributed by atoms with van der Waals surface area (Å²) in [6.45, 7) is -0.142. The highest BCUT2D eigenvalue weighted by Crippen LogP contribution is 2.43. The van der Waals surface area contributed by atoms with E-state index in [0.717, 1.165) is 5.39 Å². The van der Waals surface area contributed by atoms with Crippen LogP contribution >= 0.6 is 12.0 Å². The van der Waals surface area contributed by atoms with Crippen molar-refractivity contribution in [3.8, 4) is 5.75 Å². The first-order valence-corrected chi connectivity index (χ1v) is 6.88. The molecule has 0 fully saturated rings. The molecule has 23 heavy (non-hydrogen) atoms. The molecule has 120 valence electrons. The standard InChI is InChI=1S/C11H10N4O4S.CH4BN/c12-13-6-14-15-10-9(20-19-18-17)5-7-3-1-2-4-8(7)11(10)16;1-3-2/h1-5,12,16-17H,6H2;3H,1H3/i/hD. The Balaban J connectivity index is 0.000000891. The zero-order valence-electron chi connectivity index (χ0n) is 13.1. The van der Waals surface area contributed by atoms with Gasteiger partial charge in [-0.3, -0.25) is 0 Å². The van der Waals surface area contributed by atoms with Crippen LogP contribution in [0.2, 0.25) is 1.41 Å². The Labute approximate surface area is 139 Å². The maximum absolute atomic E-state index is 10.3. The molecule has 4 N–H and O–H groups in total. The number of azo groups is 1. The van der Waals surface area contributed by atoms with Crippen LogP contribution in [-0.2, 0) is 9.37 Å². The molecular weight excluding hydrogens is 321 g/mol. The lowest BCUT2D eigenvalue weighted by molar-refractivity contribution is -0.432. The zero-order valence-corrected chi connectivity index (χ0v) is 12.9. The number of rotatable bonds is 6. The van der Waals surface area contributed by atoms with Gasteiger partial charge in [0.05, 0.1) is 16.9 Å². The van der Waals surface area contributed by atoms with Gasteiger partial charge in [0.2, 0.25) is 1.41 Å². The van der Waals surface area contributed by atoms with Crippen molar-refractivity contribution in [1.29, 1.82) is 5.52 Å². The number of fused-ring (bicyclic) bond motifs is 1. The maximum Gasteiger partial charge on any atom is 0.213 e. The molecule has 0 aliphatic heterocycles. The summed E-state index contributed by atoms with van der Waals surface area (Å²) in [5.41, 5.74) is 2.92. The van der Waals surface area contributed by atoms with Crippen molar-refractivity contribution >= 4 is 36.5 Å². The van der Waals surface area contributed by atoms with Crippen LogP contribution in [0.15, 0.2) is 50.6 Å². The lowest BCUT2D eigenvalue weighted by Crippen LogP contribution is -1.93. The Hall–Kier alpha value is -2.05. The predicted molar refractivity (Wildman–Crippen MR) is 85.6 cm³/mol. The Morgan fingerprint density at radius 1 is 1.48 bits per heavy atom. The van der Waals surface area contributed by atoms with Gasteiger partial charge in [-0.15, -0.1) is 9.45 Å². The molecule has 0 saturated heterocycles. The molecule has 0 bridgehead atoms. The number of aromatic hydroxyl groups is 1. The second kappa shape index (κ2) is 10.6. The molecule has 0 heterocycles. The fourth-order valence-corrected chi connectivity index (χ4v) is 2.13. The molecule has 0 unspecified atom stereocenters. The minimum Gasteiger partial charge on any atom is -0.505 e. The van der Waals surface area contributed by atoms with Gasteiger partial charge in [0.15, 0.2) is 20.4 Å². The molecule has 0 saturated carbocycles. The van der Waals surface area contributed by atoms with Gasteiger partial charge in [-0.05, 0) is 18.5 Å². The fraction of sp³-hybridized carbons (Fsp3) is 0.167. The van der Waals surface area contributed by atoms with Gasteiger partial charge in [-0.25, -0.2) is 10.8 Å². The summed E-state index contributed by atoms with van der Waals surface area (Å²) in [5.74, 6) is -0.0938. The molecule has 2 rings (SSSR count). The quantitative estimate of drug-likeness (QED) is 0.210. The van der Waals surface area contributed by atoms with Gasteiger partial charge < -0.3 is 10.3 Å². The van der Waals surface area contributed by atoms with E-state index < -0.39 is 0 Å². The molecule has 0 aromatic heterocycles. The molecule has 0 atom stereocenters. The van der Waals surface area contributed by atoms with Crippen molar-refractivity contribution in [3.63, 3.8) is 0 Å². The van der Waals surface area contributed by atoms with Crippen molar-refractivity contribution in [2.75, 3.05) is 13.7 Å². The molecule has 0 aliphatic rings. The molecule has 2 aromatic rings. The van der Waals surface area contributed by atoms with Gasteiger partial charge in [-0.2, -0.15) is 10.2 Å². The molecule has 0 spiro atoms. The summed E-state index contributed by atoms with van der Waals surface area (Å²) in [6, 6.07) is 8.81. The van der Waals surface area contributed by atoms with Crippen LogP contribution in [-0.4, -0.2) is 32.1 Å². The summed E-state index contributed by atoms with van der Waals surface area (Å²) < 4.78 is 10.9. The molecule has 2 aromatic carbocycles. The van der Waals surface area contributed by atoms with E-state index in [9.17, 15) is 5.11 Å². The van der Waals surface area contributed by atoms with Crippen molar-refractivity contribution in [1.82, 2.24) is 5.23 Å². The van der Waals surface area contributed by atoms with Crippen LogP contribution in [0.5, 0.6) is 5.75 Å². The number of phenols is 1. The van der Waals surface area contributed by atoms with Crippen LogP contribution < -0.4 is 5.23 Å². The molecule has 2 radical (unpaired) electrons. The SMILES string of the molecule is [2H]N=NCN=Nc1c(SOOO)cc2ccccc2c1O.[B]NC. The lowest BCUT2D eigenvalue weighted by Gasteiger charge is -2.08. The van der Waals surface area contributed by atoms with E-state index in [2.05, 4.69) is 43.4 Å². The van der Waals surface area contributed by atoms with Crippen LogP contribution in [0.4, 0.5) is 5.69 Å². The molecule has 0 aliphatic carbocycles. The molecular formula is C12H14BN5O4S. The third-order valence-corrected chi connectivity index (χ3v) is 3.03. The molecule has 9 nitrogen and oxygen atoms in total. The topological polar surface area (TPSA) is 132 Å². The van der Waals surface area contributed by atoms with Crippen LogP contribution in [0.1, 0.15) is 0 Å². The normalized spacial score (nSPS) is 11.7. The van der Waals surface area contributed by atoms with Gasteiger partial charge in [0.1, 0.15) is 5.69 Å².